The van der Waals surface area contributed by atoms with Crippen molar-refractivity contribution in [3.8, 4) is 0 Å². The van der Waals surface area contributed by atoms with Gasteiger partial charge in [0.1, 0.15) is 5.82 Å². The van der Waals surface area contributed by atoms with Gasteiger partial charge in [-0.1, -0.05) is 91.0 Å². The van der Waals surface area contributed by atoms with Crippen molar-refractivity contribution in [2.45, 2.75) is 12.1 Å². The number of hydrogen-bond donors (Lipinski definition) is 2. The molecule has 4 rings (SSSR count). The van der Waals surface area contributed by atoms with E-state index in [1.807, 2.05) is 6.20 Å². The van der Waals surface area contributed by atoms with E-state index >= 15 is 0 Å². The van der Waals surface area contributed by atoms with Gasteiger partial charge < -0.3 is 4.98 Å². The van der Waals surface area contributed by atoms with Crippen LogP contribution in [-0.4, -0.2) is 9.97 Å². The minimum atomic E-state index is -0.462. The third kappa shape index (κ3) is 3.05. The van der Waals surface area contributed by atoms with Crippen LogP contribution in [0.3, 0.4) is 0 Å². The van der Waals surface area contributed by atoms with E-state index in [9.17, 15) is 0 Å². The summed E-state index contributed by atoms with van der Waals surface area (Å²) in [6.07, 6.45) is 3.64. The molecule has 0 saturated heterocycles. The fourth-order valence-electron chi connectivity index (χ4n) is 3.48. The highest BCUT2D eigenvalue weighted by Crippen LogP contribution is 2.36. The Morgan fingerprint density at radius 1 is 0.692 bits per heavy atom. The van der Waals surface area contributed by atoms with Gasteiger partial charge in [-0.3, -0.25) is 5.32 Å². The number of benzene rings is 3. The zero-order valence-electron chi connectivity index (χ0n) is 14.5. The molecule has 2 N–H and O–H groups in total. The second-order valence-electron chi connectivity index (χ2n) is 6.24. The molecule has 1 aromatic heterocycles. The van der Waals surface area contributed by atoms with Crippen molar-refractivity contribution >= 4 is 0 Å². The molecule has 0 spiro atoms. The Hall–Kier alpha value is -3.17. The first kappa shape index (κ1) is 16.3. The molecule has 0 amide bonds. The molecule has 0 unspecified atom stereocenters. The van der Waals surface area contributed by atoms with Crippen molar-refractivity contribution in [2.75, 3.05) is 0 Å². The molecule has 0 radical (unpaired) electrons. The standard InChI is InChI=1S/C23H21N3/c1-4-10-19(11-5-1)23(20-12-6-2-7-13-20,21-14-8-3-9-15-21)26-18-22-24-16-17-25-22/h1-17,26H,18H2,(H,24,25). The summed E-state index contributed by atoms with van der Waals surface area (Å²) in [5.74, 6) is 0.914. The first-order valence-electron chi connectivity index (χ1n) is 8.79. The second kappa shape index (κ2) is 7.38. The maximum Gasteiger partial charge on any atom is 0.120 e. The lowest BCUT2D eigenvalue weighted by Gasteiger charge is -2.37. The molecular weight excluding hydrogens is 318 g/mol. The van der Waals surface area contributed by atoms with Gasteiger partial charge in [-0.05, 0) is 16.7 Å². The second-order valence-corrected chi connectivity index (χ2v) is 6.24. The van der Waals surface area contributed by atoms with Gasteiger partial charge in [-0.2, -0.15) is 0 Å². The Morgan fingerprint density at radius 2 is 1.15 bits per heavy atom. The maximum absolute atomic E-state index is 4.38. The molecule has 3 nitrogen and oxygen atoms in total. The van der Waals surface area contributed by atoms with Crippen molar-refractivity contribution < 1.29 is 0 Å². The predicted octanol–water partition coefficient (Wildman–Crippen LogP) is 4.49. The zero-order chi connectivity index (χ0) is 17.7. The Bertz CT molecular complexity index is 820. The van der Waals surface area contributed by atoms with Gasteiger partial charge in [0.2, 0.25) is 0 Å². The van der Waals surface area contributed by atoms with Crippen molar-refractivity contribution in [1.82, 2.24) is 15.3 Å². The zero-order valence-corrected chi connectivity index (χ0v) is 14.5. The summed E-state index contributed by atoms with van der Waals surface area (Å²) in [6.45, 7) is 0.631. The molecule has 0 aliphatic heterocycles. The number of rotatable bonds is 6. The normalized spacial score (nSPS) is 11.4. The summed E-state index contributed by atoms with van der Waals surface area (Å²) in [5.41, 5.74) is 3.13. The van der Waals surface area contributed by atoms with Crippen LogP contribution in [0.1, 0.15) is 22.5 Å². The van der Waals surface area contributed by atoms with Crippen LogP contribution in [-0.2, 0) is 12.1 Å². The van der Waals surface area contributed by atoms with Crippen LogP contribution in [0.25, 0.3) is 0 Å². The summed E-state index contributed by atoms with van der Waals surface area (Å²) >= 11 is 0. The molecule has 3 heteroatoms. The molecule has 0 atom stereocenters. The van der Waals surface area contributed by atoms with E-state index in [2.05, 4.69) is 106 Å². The van der Waals surface area contributed by atoms with Crippen LogP contribution < -0.4 is 5.32 Å². The van der Waals surface area contributed by atoms with Gasteiger partial charge in [0.25, 0.3) is 0 Å². The molecule has 0 fully saturated rings. The number of aromatic amines is 1. The van der Waals surface area contributed by atoms with Crippen molar-refractivity contribution in [3.05, 3.63) is 126 Å². The SMILES string of the molecule is c1ccc(C(NCc2ncc[nH]2)(c2ccccc2)c2ccccc2)cc1. The average Bonchev–Trinajstić information content (AvgIpc) is 3.25. The van der Waals surface area contributed by atoms with E-state index < -0.39 is 5.54 Å². The minimum Gasteiger partial charge on any atom is -0.348 e. The van der Waals surface area contributed by atoms with Crippen LogP contribution in [0, 0.1) is 0 Å². The fourth-order valence-corrected chi connectivity index (χ4v) is 3.48. The van der Waals surface area contributed by atoms with Gasteiger partial charge in [-0.25, -0.2) is 4.98 Å². The summed E-state index contributed by atoms with van der Waals surface area (Å²) < 4.78 is 0. The molecule has 3 aromatic carbocycles. The number of aromatic nitrogens is 2. The predicted molar refractivity (Wildman–Crippen MR) is 105 cm³/mol. The third-order valence-electron chi connectivity index (χ3n) is 4.70. The highest BCUT2D eigenvalue weighted by molar-refractivity contribution is 5.49. The van der Waals surface area contributed by atoms with E-state index in [0.29, 0.717) is 6.54 Å². The van der Waals surface area contributed by atoms with Crippen LogP contribution in [0.2, 0.25) is 0 Å². The molecule has 128 valence electrons. The third-order valence-corrected chi connectivity index (χ3v) is 4.70. The average molecular weight is 339 g/mol. The number of imidazole rings is 1. The maximum atomic E-state index is 4.38. The van der Waals surface area contributed by atoms with E-state index in [0.717, 1.165) is 5.82 Å². The van der Waals surface area contributed by atoms with Crippen LogP contribution in [0.5, 0.6) is 0 Å². The largest absolute Gasteiger partial charge is 0.348 e. The van der Waals surface area contributed by atoms with Gasteiger partial charge in [0.15, 0.2) is 0 Å². The number of H-pyrrole nitrogens is 1. The molecule has 0 aliphatic rings. The Labute approximate surface area is 153 Å². The van der Waals surface area contributed by atoms with Crippen molar-refractivity contribution in [2.24, 2.45) is 0 Å². The monoisotopic (exact) mass is 339 g/mol. The van der Waals surface area contributed by atoms with Gasteiger partial charge in [-0.15, -0.1) is 0 Å². The number of nitrogens with one attached hydrogen (secondary N) is 2. The molecular formula is C23H21N3. The lowest BCUT2D eigenvalue weighted by Crippen LogP contribution is -2.44. The topological polar surface area (TPSA) is 40.7 Å². The van der Waals surface area contributed by atoms with E-state index in [1.165, 1.54) is 16.7 Å². The van der Waals surface area contributed by atoms with Crippen LogP contribution in [0.4, 0.5) is 0 Å². The summed E-state index contributed by atoms with van der Waals surface area (Å²) in [7, 11) is 0. The summed E-state index contributed by atoms with van der Waals surface area (Å²) in [4.78, 5) is 7.57. The van der Waals surface area contributed by atoms with Crippen LogP contribution in [0.15, 0.2) is 103 Å². The van der Waals surface area contributed by atoms with E-state index in [1.54, 1.807) is 6.20 Å². The lowest BCUT2D eigenvalue weighted by atomic mass is 9.77. The van der Waals surface area contributed by atoms with E-state index in [-0.39, 0.29) is 0 Å². The highest BCUT2D eigenvalue weighted by Gasteiger charge is 2.35. The Morgan fingerprint density at radius 3 is 1.54 bits per heavy atom. The van der Waals surface area contributed by atoms with E-state index in [4.69, 9.17) is 0 Å². The quantitative estimate of drug-likeness (QED) is 0.508. The van der Waals surface area contributed by atoms with Crippen molar-refractivity contribution in [3.63, 3.8) is 0 Å². The van der Waals surface area contributed by atoms with Gasteiger partial charge in [0, 0.05) is 12.4 Å². The Kier molecular flexibility index (Phi) is 4.63. The first-order valence-corrected chi connectivity index (χ1v) is 8.79. The molecule has 0 bridgehead atoms. The van der Waals surface area contributed by atoms with Gasteiger partial charge in [0.05, 0.1) is 12.1 Å². The first-order chi connectivity index (χ1) is 12.9. The molecule has 0 aliphatic carbocycles. The molecule has 1 heterocycles. The highest BCUT2D eigenvalue weighted by atomic mass is 15.0. The smallest absolute Gasteiger partial charge is 0.120 e. The minimum absolute atomic E-state index is 0.462. The molecule has 0 saturated carbocycles. The summed E-state index contributed by atoms with van der Waals surface area (Å²) in [5, 5.41) is 3.79. The number of hydrogen-bond acceptors (Lipinski definition) is 2. The van der Waals surface area contributed by atoms with Crippen molar-refractivity contribution in [1.29, 1.82) is 0 Å². The Balaban J connectivity index is 1.90. The summed E-state index contributed by atoms with van der Waals surface area (Å²) in [6, 6.07) is 31.7. The molecule has 26 heavy (non-hydrogen) atoms. The van der Waals surface area contributed by atoms with Gasteiger partial charge >= 0.3 is 0 Å². The molecule has 4 aromatic rings. The fraction of sp³-hybridized carbons (Fsp3) is 0.0870. The van der Waals surface area contributed by atoms with Crippen LogP contribution >= 0.6 is 0 Å². The lowest BCUT2D eigenvalue weighted by molar-refractivity contribution is 0.463. The number of nitrogens with zero attached hydrogens (tertiary/aromatic N) is 1.